The molecule has 2 rings (SSSR count). The van der Waals surface area contributed by atoms with E-state index in [0.29, 0.717) is 12.2 Å². The van der Waals surface area contributed by atoms with Gasteiger partial charge in [0.05, 0.1) is 6.17 Å². The first kappa shape index (κ1) is 10.4. The second-order valence-corrected chi connectivity index (χ2v) is 4.92. The third-order valence-electron chi connectivity index (χ3n) is 3.66. The van der Waals surface area contributed by atoms with Gasteiger partial charge in [0.15, 0.2) is 0 Å². The van der Waals surface area contributed by atoms with Crippen LogP contribution in [0.5, 0.6) is 0 Å². The summed E-state index contributed by atoms with van der Waals surface area (Å²) < 4.78 is 0. The van der Waals surface area contributed by atoms with Crippen LogP contribution in [0.3, 0.4) is 0 Å². The Balaban J connectivity index is 2.08. The zero-order chi connectivity index (χ0) is 10.1. The first-order valence-electron chi connectivity index (χ1n) is 5.89. The molecule has 0 saturated carbocycles. The van der Waals surface area contributed by atoms with Crippen molar-refractivity contribution in [2.24, 2.45) is 0 Å². The van der Waals surface area contributed by atoms with Gasteiger partial charge < -0.3 is 0 Å². The highest BCUT2D eigenvalue weighted by Gasteiger charge is 2.36. The molecule has 82 valence electrons. The van der Waals surface area contributed by atoms with Crippen LogP contribution < -0.4 is 5.32 Å². The number of nitrogens with one attached hydrogen (secondary N) is 1. The first-order chi connectivity index (χ1) is 6.70. The molecule has 2 saturated heterocycles. The maximum Gasteiger partial charge on any atom is 0.0755 e. The van der Waals surface area contributed by atoms with E-state index in [-0.39, 0.29) is 0 Å². The summed E-state index contributed by atoms with van der Waals surface area (Å²) in [7, 11) is 2.24. The van der Waals surface area contributed by atoms with Crippen LogP contribution in [0, 0.1) is 0 Å². The second kappa shape index (κ2) is 4.17. The summed E-state index contributed by atoms with van der Waals surface area (Å²) in [5, 5.41) is 3.64. The average molecular weight is 197 g/mol. The molecule has 0 amide bonds. The van der Waals surface area contributed by atoms with Crippen molar-refractivity contribution in [3.05, 3.63) is 0 Å². The lowest BCUT2D eigenvalue weighted by Crippen LogP contribution is -2.66. The van der Waals surface area contributed by atoms with Gasteiger partial charge in [0.1, 0.15) is 0 Å². The number of likely N-dealkylation sites (N-methyl/N-ethyl adjacent to an activating group) is 1. The van der Waals surface area contributed by atoms with E-state index < -0.39 is 0 Å². The Labute approximate surface area is 87.4 Å². The lowest BCUT2D eigenvalue weighted by Gasteiger charge is -2.50. The minimum atomic E-state index is 0.597. The van der Waals surface area contributed by atoms with E-state index in [2.05, 4.69) is 36.0 Å². The standard InChI is InChI=1S/C11H23N3/c1-9(2)14-8-6-12-11-10(14)5-4-7-13(11)3/h9-12H,4-8H2,1-3H3. The number of likely N-dealkylation sites (tertiary alicyclic amines) is 1. The van der Waals surface area contributed by atoms with Gasteiger partial charge in [0.2, 0.25) is 0 Å². The topological polar surface area (TPSA) is 18.5 Å². The minimum Gasteiger partial charge on any atom is -0.299 e. The van der Waals surface area contributed by atoms with Crippen molar-refractivity contribution in [1.82, 2.24) is 15.1 Å². The van der Waals surface area contributed by atoms with E-state index >= 15 is 0 Å². The summed E-state index contributed by atoms with van der Waals surface area (Å²) in [6, 6.07) is 1.43. The Morgan fingerprint density at radius 3 is 2.79 bits per heavy atom. The molecule has 0 aromatic carbocycles. The Hall–Kier alpha value is -0.120. The second-order valence-electron chi connectivity index (χ2n) is 4.92. The number of piperidine rings is 1. The lowest BCUT2D eigenvalue weighted by molar-refractivity contribution is -0.00706. The molecule has 0 aliphatic carbocycles. The monoisotopic (exact) mass is 197 g/mol. The molecule has 2 aliphatic heterocycles. The molecule has 3 nitrogen and oxygen atoms in total. The fourth-order valence-electron chi connectivity index (χ4n) is 2.93. The third-order valence-corrected chi connectivity index (χ3v) is 3.66. The Bertz CT molecular complexity index is 187. The highest BCUT2D eigenvalue weighted by molar-refractivity contribution is 4.92. The van der Waals surface area contributed by atoms with Crippen molar-refractivity contribution in [2.75, 3.05) is 26.7 Å². The average Bonchev–Trinajstić information content (AvgIpc) is 2.17. The maximum absolute atomic E-state index is 3.64. The van der Waals surface area contributed by atoms with Crippen molar-refractivity contribution in [2.45, 2.75) is 44.9 Å². The van der Waals surface area contributed by atoms with Gasteiger partial charge in [-0.1, -0.05) is 0 Å². The first-order valence-corrected chi connectivity index (χ1v) is 5.89. The van der Waals surface area contributed by atoms with Gasteiger partial charge in [-0.3, -0.25) is 15.1 Å². The minimum absolute atomic E-state index is 0.597. The van der Waals surface area contributed by atoms with Gasteiger partial charge in [-0.15, -0.1) is 0 Å². The molecule has 1 N–H and O–H groups in total. The summed E-state index contributed by atoms with van der Waals surface area (Å²) >= 11 is 0. The van der Waals surface area contributed by atoms with Gasteiger partial charge in [-0.05, 0) is 40.3 Å². The van der Waals surface area contributed by atoms with Gasteiger partial charge in [0, 0.05) is 25.2 Å². The van der Waals surface area contributed by atoms with Crippen LogP contribution in [0.4, 0.5) is 0 Å². The highest BCUT2D eigenvalue weighted by atomic mass is 15.4. The predicted octanol–water partition coefficient (Wildman–Crippen LogP) is 0.720. The Morgan fingerprint density at radius 1 is 1.29 bits per heavy atom. The van der Waals surface area contributed by atoms with Crippen LogP contribution in [0.15, 0.2) is 0 Å². The molecule has 0 spiro atoms. The maximum atomic E-state index is 3.64. The number of piperazine rings is 1. The summed E-state index contributed by atoms with van der Waals surface area (Å²) in [4.78, 5) is 5.14. The van der Waals surface area contributed by atoms with E-state index in [9.17, 15) is 0 Å². The smallest absolute Gasteiger partial charge is 0.0755 e. The molecule has 2 heterocycles. The normalized spacial score (nSPS) is 36.0. The molecule has 2 unspecified atom stereocenters. The van der Waals surface area contributed by atoms with Crippen molar-refractivity contribution >= 4 is 0 Å². The van der Waals surface area contributed by atoms with Gasteiger partial charge in [0.25, 0.3) is 0 Å². The van der Waals surface area contributed by atoms with Crippen LogP contribution in [0.2, 0.25) is 0 Å². The zero-order valence-corrected chi connectivity index (χ0v) is 9.66. The number of hydrogen-bond acceptors (Lipinski definition) is 3. The molecule has 2 aliphatic rings. The van der Waals surface area contributed by atoms with Crippen molar-refractivity contribution in [3.8, 4) is 0 Å². The number of hydrogen-bond donors (Lipinski definition) is 1. The van der Waals surface area contributed by atoms with Crippen molar-refractivity contribution in [1.29, 1.82) is 0 Å². The highest BCUT2D eigenvalue weighted by Crippen LogP contribution is 2.23. The predicted molar refractivity (Wildman–Crippen MR) is 59.3 cm³/mol. The van der Waals surface area contributed by atoms with E-state index in [1.807, 2.05) is 0 Å². The van der Waals surface area contributed by atoms with Crippen LogP contribution in [-0.4, -0.2) is 54.7 Å². The van der Waals surface area contributed by atoms with Gasteiger partial charge >= 0.3 is 0 Å². The number of rotatable bonds is 1. The fourth-order valence-corrected chi connectivity index (χ4v) is 2.93. The Kier molecular flexibility index (Phi) is 3.10. The van der Waals surface area contributed by atoms with Crippen LogP contribution >= 0.6 is 0 Å². The molecule has 0 radical (unpaired) electrons. The molecule has 3 heteroatoms. The quantitative estimate of drug-likeness (QED) is 0.668. The Morgan fingerprint density at radius 2 is 2.07 bits per heavy atom. The number of nitrogens with zero attached hydrogens (tertiary/aromatic N) is 2. The molecule has 2 atom stereocenters. The van der Waals surface area contributed by atoms with Gasteiger partial charge in [-0.25, -0.2) is 0 Å². The molecule has 0 bridgehead atoms. The SMILES string of the molecule is CC(C)N1CCNC2C1CCCN2C. The number of fused-ring (bicyclic) bond motifs is 1. The third kappa shape index (κ3) is 1.81. The van der Waals surface area contributed by atoms with Gasteiger partial charge in [-0.2, -0.15) is 0 Å². The molecular formula is C11H23N3. The fraction of sp³-hybridized carbons (Fsp3) is 1.00. The summed E-state index contributed by atoms with van der Waals surface area (Å²) in [6.07, 6.45) is 3.31. The summed E-state index contributed by atoms with van der Waals surface area (Å²) in [6.45, 7) is 8.24. The van der Waals surface area contributed by atoms with Crippen LogP contribution in [0.1, 0.15) is 26.7 Å². The van der Waals surface area contributed by atoms with E-state index in [4.69, 9.17) is 0 Å². The van der Waals surface area contributed by atoms with Crippen LogP contribution in [0.25, 0.3) is 0 Å². The largest absolute Gasteiger partial charge is 0.299 e. The summed E-state index contributed by atoms with van der Waals surface area (Å²) in [5.41, 5.74) is 0. The lowest BCUT2D eigenvalue weighted by atomic mass is 9.97. The van der Waals surface area contributed by atoms with E-state index in [0.717, 1.165) is 12.6 Å². The zero-order valence-electron chi connectivity index (χ0n) is 9.66. The molecule has 0 aromatic heterocycles. The van der Waals surface area contributed by atoms with E-state index in [1.54, 1.807) is 0 Å². The summed E-state index contributed by atoms with van der Waals surface area (Å²) in [5.74, 6) is 0. The molecule has 14 heavy (non-hydrogen) atoms. The van der Waals surface area contributed by atoms with Crippen molar-refractivity contribution < 1.29 is 0 Å². The molecular weight excluding hydrogens is 174 g/mol. The molecule has 2 fully saturated rings. The van der Waals surface area contributed by atoms with Crippen molar-refractivity contribution in [3.63, 3.8) is 0 Å². The van der Waals surface area contributed by atoms with Crippen LogP contribution in [-0.2, 0) is 0 Å². The molecule has 0 aromatic rings. The van der Waals surface area contributed by atoms with E-state index in [1.165, 1.54) is 25.9 Å².